The molecule has 4 nitrogen and oxygen atoms in total. The van der Waals surface area contributed by atoms with Crippen LogP contribution in [0.25, 0.3) is 0 Å². The zero-order valence-corrected chi connectivity index (χ0v) is 10.8. The Balaban J connectivity index is 1.53. The number of hydrogen-bond acceptors (Lipinski definition) is 3. The Hall–Kier alpha value is -2.10. The van der Waals surface area contributed by atoms with E-state index in [1.165, 1.54) is 11.8 Å². The highest BCUT2D eigenvalue weighted by molar-refractivity contribution is 5.88. The lowest BCUT2D eigenvalue weighted by molar-refractivity contribution is 0.00209. The van der Waals surface area contributed by atoms with Crippen LogP contribution in [0.5, 0.6) is 0 Å². The first kappa shape index (κ1) is 12.0. The molecule has 0 unspecified atom stereocenters. The van der Waals surface area contributed by atoms with Gasteiger partial charge in [-0.2, -0.15) is 5.10 Å². The van der Waals surface area contributed by atoms with Gasteiger partial charge in [-0.1, -0.05) is 30.3 Å². The molecule has 1 heterocycles. The fourth-order valence-electron chi connectivity index (χ4n) is 2.41. The standard InChI is InChI=1S/C15H16N2O2/c1-17-10-13(9-16-17)15(18)19-14-7-12(8-14)11-5-3-2-4-6-11/h2-6,9-10,12,14H,7-8H2,1H3. The van der Waals surface area contributed by atoms with Crippen LogP contribution >= 0.6 is 0 Å². The number of benzene rings is 1. The van der Waals surface area contributed by atoms with E-state index in [4.69, 9.17) is 4.74 Å². The number of hydrogen-bond donors (Lipinski definition) is 0. The summed E-state index contributed by atoms with van der Waals surface area (Å²) in [5, 5.41) is 3.97. The Labute approximate surface area is 112 Å². The van der Waals surface area contributed by atoms with Gasteiger partial charge in [0.05, 0.1) is 11.8 Å². The summed E-state index contributed by atoms with van der Waals surface area (Å²) >= 11 is 0. The van der Waals surface area contributed by atoms with Gasteiger partial charge in [0.15, 0.2) is 0 Å². The van der Waals surface area contributed by atoms with Gasteiger partial charge in [-0.25, -0.2) is 4.79 Å². The molecule has 0 aliphatic heterocycles. The summed E-state index contributed by atoms with van der Waals surface area (Å²) < 4.78 is 7.05. The monoisotopic (exact) mass is 256 g/mol. The Kier molecular flexibility index (Phi) is 3.07. The third-order valence-electron chi connectivity index (χ3n) is 3.58. The van der Waals surface area contributed by atoms with Crippen molar-refractivity contribution in [3.05, 3.63) is 53.9 Å². The van der Waals surface area contributed by atoms with Crippen LogP contribution in [0.1, 0.15) is 34.7 Å². The second-order valence-corrected chi connectivity index (χ2v) is 5.01. The quantitative estimate of drug-likeness (QED) is 0.793. The molecule has 1 saturated carbocycles. The fourth-order valence-corrected chi connectivity index (χ4v) is 2.41. The second-order valence-electron chi connectivity index (χ2n) is 5.01. The molecular weight excluding hydrogens is 240 g/mol. The normalized spacial score (nSPS) is 21.7. The van der Waals surface area contributed by atoms with E-state index in [9.17, 15) is 4.79 Å². The van der Waals surface area contributed by atoms with Crippen molar-refractivity contribution in [2.24, 2.45) is 7.05 Å². The van der Waals surface area contributed by atoms with Gasteiger partial charge in [-0.3, -0.25) is 4.68 Å². The van der Waals surface area contributed by atoms with E-state index >= 15 is 0 Å². The lowest BCUT2D eigenvalue weighted by atomic mass is 9.77. The first-order chi connectivity index (χ1) is 9.22. The SMILES string of the molecule is Cn1cc(C(=O)OC2CC(c3ccccc3)C2)cn1. The van der Waals surface area contributed by atoms with Crippen LogP contribution in [0.15, 0.2) is 42.7 Å². The summed E-state index contributed by atoms with van der Waals surface area (Å²) in [6.45, 7) is 0. The summed E-state index contributed by atoms with van der Waals surface area (Å²) in [5.41, 5.74) is 1.85. The van der Waals surface area contributed by atoms with E-state index < -0.39 is 0 Å². The van der Waals surface area contributed by atoms with Crippen LogP contribution in [0.2, 0.25) is 0 Å². The number of aryl methyl sites for hydroxylation is 1. The van der Waals surface area contributed by atoms with Crippen molar-refractivity contribution in [2.75, 3.05) is 0 Å². The summed E-state index contributed by atoms with van der Waals surface area (Å²) in [6.07, 6.45) is 5.08. The largest absolute Gasteiger partial charge is 0.459 e. The molecule has 1 aromatic carbocycles. The molecule has 0 radical (unpaired) electrons. The van der Waals surface area contributed by atoms with Gasteiger partial charge in [-0.05, 0) is 24.3 Å². The number of rotatable bonds is 3. The number of esters is 1. The maximum Gasteiger partial charge on any atom is 0.341 e. The Morgan fingerprint density at radius 2 is 2.05 bits per heavy atom. The molecular formula is C15H16N2O2. The van der Waals surface area contributed by atoms with Crippen LogP contribution in [-0.2, 0) is 11.8 Å². The average Bonchev–Trinajstić information content (AvgIpc) is 2.81. The molecule has 3 rings (SSSR count). The fraction of sp³-hybridized carbons (Fsp3) is 0.333. The van der Waals surface area contributed by atoms with E-state index in [0.29, 0.717) is 11.5 Å². The minimum atomic E-state index is -0.274. The molecule has 2 aromatic rings. The zero-order valence-electron chi connectivity index (χ0n) is 10.8. The molecule has 1 aromatic heterocycles. The summed E-state index contributed by atoms with van der Waals surface area (Å²) in [5.74, 6) is 0.248. The molecule has 0 amide bonds. The maximum atomic E-state index is 11.8. The number of nitrogens with zero attached hydrogens (tertiary/aromatic N) is 2. The summed E-state index contributed by atoms with van der Waals surface area (Å²) in [7, 11) is 1.78. The Bertz CT molecular complexity index is 571. The minimum Gasteiger partial charge on any atom is -0.459 e. The Morgan fingerprint density at radius 3 is 2.68 bits per heavy atom. The number of carbonyl (C=O) groups excluding carboxylic acids is 1. The van der Waals surface area contributed by atoms with Gasteiger partial charge in [0.2, 0.25) is 0 Å². The molecule has 0 N–H and O–H groups in total. The van der Waals surface area contributed by atoms with Gasteiger partial charge in [0.25, 0.3) is 0 Å². The smallest absolute Gasteiger partial charge is 0.341 e. The van der Waals surface area contributed by atoms with Gasteiger partial charge >= 0.3 is 5.97 Å². The topological polar surface area (TPSA) is 44.1 Å². The molecule has 0 bridgehead atoms. The van der Waals surface area contributed by atoms with Crippen LogP contribution in [-0.4, -0.2) is 21.9 Å². The molecule has 98 valence electrons. The molecule has 19 heavy (non-hydrogen) atoms. The molecule has 1 aliphatic rings. The lowest BCUT2D eigenvalue weighted by Crippen LogP contribution is -2.31. The molecule has 1 fully saturated rings. The van der Waals surface area contributed by atoms with Gasteiger partial charge < -0.3 is 4.74 Å². The predicted molar refractivity (Wildman–Crippen MR) is 70.8 cm³/mol. The molecule has 4 heteroatoms. The van der Waals surface area contributed by atoms with Crippen molar-refractivity contribution in [3.8, 4) is 0 Å². The average molecular weight is 256 g/mol. The highest BCUT2D eigenvalue weighted by Gasteiger charge is 2.33. The molecule has 0 atom stereocenters. The number of carbonyl (C=O) groups is 1. The zero-order chi connectivity index (χ0) is 13.2. The van der Waals surface area contributed by atoms with Crippen LogP contribution in [0.4, 0.5) is 0 Å². The summed E-state index contributed by atoms with van der Waals surface area (Å²) in [6, 6.07) is 10.4. The van der Waals surface area contributed by atoms with E-state index in [2.05, 4.69) is 17.2 Å². The molecule has 1 aliphatic carbocycles. The third kappa shape index (κ3) is 2.52. The molecule has 0 spiro atoms. The van der Waals surface area contributed by atoms with Crippen LogP contribution in [0.3, 0.4) is 0 Å². The minimum absolute atomic E-state index is 0.0397. The van der Waals surface area contributed by atoms with Crippen LogP contribution < -0.4 is 0 Å². The van der Waals surface area contributed by atoms with E-state index in [1.54, 1.807) is 17.9 Å². The van der Waals surface area contributed by atoms with Gasteiger partial charge in [0, 0.05) is 13.2 Å². The van der Waals surface area contributed by atoms with Crippen molar-refractivity contribution in [1.82, 2.24) is 9.78 Å². The van der Waals surface area contributed by atoms with Gasteiger partial charge in [-0.15, -0.1) is 0 Å². The highest BCUT2D eigenvalue weighted by atomic mass is 16.5. The van der Waals surface area contributed by atoms with Crippen molar-refractivity contribution < 1.29 is 9.53 Å². The van der Waals surface area contributed by atoms with Crippen molar-refractivity contribution in [1.29, 1.82) is 0 Å². The van der Waals surface area contributed by atoms with Crippen molar-refractivity contribution in [3.63, 3.8) is 0 Å². The third-order valence-corrected chi connectivity index (χ3v) is 3.58. The second kappa shape index (κ2) is 4.88. The maximum absolute atomic E-state index is 11.8. The highest BCUT2D eigenvalue weighted by Crippen LogP contribution is 2.38. The van der Waals surface area contributed by atoms with E-state index in [-0.39, 0.29) is 12.1 Å². The van der Waals surface area contributed by atoms with Crippen molar-refractivity contribution in [2.45, 2.75) is 24.9 Å². The Morgan fingerprint density at radius 1 is 1.32 bits per heavy atom. The number of ether oxygens (including phenoxy) is 1. The molecule has 0 saturated heterocycles. The van der Waals surface area contributed by atoms with Crippen LogP contribution in [0, 0.1) is 0 Å². The van der Waals surface area contributed by atoms with E-state index in [0.717, 1.165) is 12.8 Å². The lowest BCUT2D eigenvalue weighted by Gasteiger charge is -2.34. The first-order valence-corrected chi connectivity index (χ1v) is 6.47. The van der Waals surface area contributed by atoms with Gasteiger partial charge in [0.1, 0.15) is 6.10 Å². The first-order valence-electron chi connectivity index (χ1n) is 6.47. The predicted octanol–water partition coefficient (Wildman–Crippen LogP) is 2.52. The number of aromatic nitrogens is 2. The van der Waals surface area contributed by atoms with E-state index in [1.807, 2.05) is 18.2 Å². The summed E-state index contributed by atoms with van der Waals surface area (Å²) in [4.78, 5) is 11.8. The van der Waals surface area contributed by atoms with Crippen molar-refractivity contribution >= 4 is 5.97 Å².